The Hall–Kier alpha value is -4.21. The lowest BCUT2D eigenvalue weighted by molar-refractivity contribution is -0.141. The summed E-state index contributed by atoms with van der Waals surface area (Å²) in [5, 5.41) is 11.6. The van der Waals surface area contributed by atoms with E-state index in [1.807, 2.05) is 48.5 Å². The summed E-state index contributed by atoms with van der Waals surface area (Å²) in [5.41, 5.74) is 4.07. The van der Waals surface area contributed by atoms with Gasteiger partial charge in [0.1, 0.15) is 12.6 Å². The smallest absolute Gasteiger partial charge is 0.411 e. The van der Waals surface area contributed by atoms with Crippen LogP contribution in [0.2, 0.25) is 0 Å². The summed E-state index contributed by atoms with van der Waals surface area (Å²) in [6.45, 7) is -1.03. The lowest BCUT2D eigenvalue weighted by Gasteiger charge is -2.20. The molecule has 2 aromatic carbocycles. The molecule has 2 heterocycles. The molecule has 1 unspecified atom stereocenters. The van der Waals surface area contributed by atoms with Gasteiger partial charge in [0.2, 0.25) is 5.76 Å². The molecule has 0 saturated carbocycles. The first-order valence-corrected chi connectivity index (χ1v) is 10.9. The summed E-state index contributed by atoms with van der Waals surface area (Å²) in [7, 11) is 0. The van der Waals surface area contributed by atoms with Crippen molar-refractivity contribution in [1.82, 2.24) is 4.90 Å². The molecule has 1 atom stereocenters. The molecule has 2 N–H and O–H groups in total. The predicted octanol–water partition coefficient (Wildman–Crippen LogP) is 4.58. The number of anilines is 1. The maximum atomic E-state index is 13.8. The minimum Gasteiger partial charge on any atom is -0.480 e. The molecule has 3 aromatic rings. The molecule has 1 aromatic heterocycles. The number of hydrogen-bond donors (Lipinski definition) is 2. The number of furan rings is 1. The topological polar surface area (TPSA) is 109 Å². The molecule has 10 heteroatoms. The molecule has 0 radical (unpaired) electrons. The van der Waals surface area contributed by atoms with E-state index in [9.17, 15) is 28.3 Å². The summed E-state index contributed by atoms with van der Waals surface area (Å²) < 4.78 is 38.1. The first-order chi connectivity index (χ1) is 16.7. The number of carbonyl (C=O) groups is 3. The van der Waals surface area contributed by atoms with Crippen LogP contribution in [0, 0.1) is 0 Å². The van der Waals surface area contributed by atoms with Crippen LogP contribution >= 0.6 is 0 Å². The Kier molecular flexibility index (Phi) is 5.50. The number of alkyl halides is 2. The molecular weight excluding hydrogens is 462 g/mol. The highest BCUT2D eigenvalue weighted by Gasteiger charge is 2.51. The maximum Gasteiger partial charge on any atom is 0.411 e. The van der Waals surface area contributed by atoms with Gasteiger partial charge in [-0.3, -0.25) is 10.1 Å². The predicted molar refractivity (Wildman–Crippen MR) is 119 cm³/mol. The Morgan fingerprint density at radius 2 is 1.69 bits per heavy atom. The summed E-state index contributed by atoms with van der Waals surface area (Å²) in [5.74, 6) is -6.59. The van der Waals surface area contributed by atoms with E-state index in [2.05, 4.69) is 5.32 Å². The normalized spacial score (nSPS) is 18.1. The quantitative estimate of drug-likeness (QED) is 0.551. The molecule has 2 aliphatic rings. The molecule has 1 aliphatic carbocycles. The van der Waals surface area contributed by atoms with Crippen molar-refractivity contribution in [3.63, 3.8) is 0 Å². The number of amides is 2. The molecular formula is C25H20F2N2O6. The highest BCUT2D eigenvalue weighted by atomic mass is 19.3. The zero-order chi connectivity index (χ0) is 24.7. The number of aliphatic carboxylic acids is 1. The van der Waals surface area contributed by atoms with E-state index >= 15 is 0 Å². The number of carboxylic acids is 1. The summed E-state index contributed by atoms with van der Waals surface area (Å²) in [6, 6.07) is 15.2. The number of ether oxygens (including phenoxy) is 1. The fourth-order valence-electron chi connectivity index (χ4n) is 4.70. The SMILES string of the molecule is O=C(Nc1ccoc1C(=O)N1CC(F)(F)CC1C(=O)O)OCC1c2ccccc2-c2ccccc21. The van der Waals surface area contributed by atoms with Gasteiger partial charge in [-0.2, -0.15) is 0 Å². The second-order valence-electron chi connectivity index (χ2n) is 8.46. The molecule has 35 heavy (non-hydrogen) atoms. The third kappa shape index (κ3) is 4.11. The number of nitrogens with one attached hydrogen (secondary N) is 1. The standard InChI is InChI=1S/C25H20F2N2O6/c26-25(27)11-20(23(31)32)29(13-25)22(30)21-19(9-10-34-21)28-24(33)35-12-18-16-7-3-1-5-14(16)15-6-2-4-8-17(15)18/h1-10,18,20H,11-13H2,(H,28,33)(H,31,32). The number of benzene rings is 2. The molecule has 1 fully saturated rings. The lowest BCUT2D eigenvalue weighted by atomic mass is 9.98. The molecule has 2 amide bonds. The second-order valence-corrected chi connectivity index (χ2v) is 8.46. The van der Waals surface area contributed by atoms with Crippen LogP contribution in [0.3, 0.4) is 0 Å². The molecule has 5 rings (SSSR count). The Morgan fingerprint density at radius 1 is 1.06 bits per heavy atom. The number of halogens is 2. The van der Waals surface area contributed by atoms with Crippen LogP contribution in [0.4, 0.5) is 19.3 Å². The van der Waals surface area contributed by atoms with Gasteiger partial charge >= 0.3 is 12.1 Å². The summed E-state index contributed by atoms with van der Waals surface area (Å²) in [4.78, 5) is 37.3. The third-order valence-corrected chi connectivity index (χ3v) is 6.26. The van der Waals surface area contributed by atoms with Gasteiger partial charge in [-0.15, -0.1) is 0 Å². The molecule has 1 saturated heterocycles. The first-order valence-electron chi connectivity index (χ1n) is 10.9. The largest absolute Gasteiger partial charge is 0.480 e. The van der Waals surface area contributed by atoms with Crippen LogP contribution in [0.5, 0.6) is 0 Å². The summed E-state index contributed by atoms with van der Waals surface area (Å²) >= 11 is 0. The molecule has 0 spiro atoms. The van der Waals surface area contributed by atoms with Crippen LogP contribution in [-0.2, 0) is 9.53 Å². The summed E-state index contributed by atoms with van der Waals surface area (Å²) in [6.07, 6.45) is -0.774. The van der Waals surface area contributed by atoms with E-state index < -0.39 is 48.7 Å². The lowest BCUT2D eigenvalue weighted by Crippen LogP contribution is -2.41. The van der Waals surface area contributed by atoms with Crippen molar-refractivity contribution in [3.8, 4) is 11.1 Å². The fraction of sp³-hybridized carbons (Fsp3) is 0.240. The maximum absolute atomic E-state index is 13.8. The van der Waals surface area contributed by atoms with Gasteiger partial charge in [-0.1, -0.05) is 48.5 Å². The highest BCUT2D eigenvalue weighted by Crippen LogP contribution is 2.44. The van der Waals surface area contributed by atoms with E-state index in [1.54, 1.807) is 0 Å². The minimum atomic E-state index is -3.34. The zero-order valence-corrected chi connectivity index (χ0v) is 18.2. The molecule has 8 nitrogen and oxygen atoms in total. The Balaban J connectivity index is 1.28. The number of carbonyl (C=O) groups excluding carboxylic acids is 2. The van der Waals surface area contributed by atoms with E-state index in [1.165, 1.54) is 6.07 Å². The van der Waals surface area contributed by atoms with Crippen molar-refractivity contribution in [2.24, 2.45) is 0 Å². The minimum absolute atomic E-state index is 0.0282. The van der Waals surface area contributed by atoms with Crippen LogP contribution in [0.1, 0.15) is 34.0 Å². The number of fused-ring (bicyclic) bond motifs is 3. The number of nitrogens with zero attached hydrogens (tertiary/aromatic N) is 1. The van der Waals surface area contributed by atoms with Crippen LogP contribution in [0.25, 0.3) is 11.1 Å². The highest BCUT2D eigenvalue weighted by molar-refractivity contribution is 6.02. The Labute approximate surface area is 198 Å². The van der Waals surface area contributed by atoms with Crippen molar-refractivity contribution in [1.29, 1.82) is 0 Å². The van der Waals surface area contributed by atoms with Gasteiger partial charge in [0.05, 0.1) is 18.5 Å². The Morgan fingerprint density at radius 3 is 2.31 bits per heavy atom. The zero-order valence-electron chi connectivity index (χ0n) is 18.2. The van der Waals surface area contributed by atoms with Gasteiger partial charge in [0.25, 0.3) is 11.8 Å². The van der Waals surface area contributed by atoms with Crippen LogP contribution < -0.4 is 5.32 Å². The number of rotatable bonds is 5. The van der Waals surface area contributed by atoms with Gasteiger partial charge < -0.3 is 19.2 Å². The molecule has 0 bridgehead atoms. The number of carboxylic acid groups (broad SMARTS) is 1. The van der Waals surface area contributed by atoms with Gasteiger partial charge in [0, 0.05) is 18.4 Å². The second kappa shape index (κ2) is 8.53. The van der Waals surface area contributed by atoms with Crippen molar-refractivity contribution < 1.29 is 37.4 Å². The van der Waals surface area contributed by atoms with E-state index in [0.717, 1.165) is 28.5 Å². The van der Waals surface area contributed by atoms with E-state index in [-0.39, 0.29) is 18.2 Å². The third-order valence-electron chi connectivity index (χ3n) is 6.26. The number of hydrogen-bond acceptors (Lipinski definition) is 5. The average Bonchev–Trinajstić information content (AvgIpc) is 3.51. The monoisotopic (exact) mass is 482 g/mol. The Bertz CT molecular complexity index is 1280. The van der Waals surface area contributed by atoms with E-state index in [4.69, 9.17) is 9.15 Å². The van der Waals surface area contributed by atoms with Crippen molar-refractivity contribution >= 4 is 23.7 Å². The van der Waals surface area contributed by atoms with Crippen LogP contribution in [0.15, 0.2) is 65.3 Å². The molecule has 180 valence electrons. The fourth-order valence-corrected chi connectivity index (χ4v) is 4.70. The van der Waals surface area contributed by atoms with Crippen molar-refractivity contribution in [3.05, 3.63) is 77.7 Å². The van der Waals surface area contributed by atoms with Gasteiger partial charge in [-0.05, 0) is 22.3 Å². The first kappa shape index (κ1) is 22.6. The van der Waals surface area contributed by atoms with E-state index in [0.29, 0.717) is 4.90 Å². The van der Waals surface area contributed by atoms with Crippen LogP contribution in [-0.4, -0.2) is 53.1 Å². The molecule has 1 aliphatic heterocycles. The van der Waals surface area contributed by atoms with Crippen molar-refractivity contribution in [2.75, 3.05) is 18.5 Å². The number of likely N-dealkylation sites (tertiary alicyclic amines) is 1. The average molecular weight is 482 g/mol. The van der Waals surface area contributed by atoms with Crippen molar-refractivity contribution in [2.45, 2.75) is 24.3 Å². The van der Waals surface area contributed by atoms with Gasteiger partial charge in [-0.25, -0.2) is 18.4 Å². The van der Waals surface area contributed by atoms with Gasteiger partial charge in [0.15, 0.2) is 0 Å².